The molecule has 0 bridgehead atoms. The van der Waals surface area contributed by atoms with Gasteiger partial charge in [-0.3, -0.25) is 4.79 Å². The van der Waals surface area contributed by atoms with Crippen molar-refractivity contribution in [3.05, 3.63) is 27.3 Å². The van der Waals surface area contributed by atoms with Gasteiger partial charge in [-0.05, 0) is 53.6 Å². The molecule has 0 radical (unpaired) electrons. The second-order valence-corrected chi connectivity index (χ2v) is 4.96. The van der Waals surface area contributed by atoms with Crippen molar-refractivity contribution in [2.45, 2.75) is 20.3 Å². The van der Waals surface area contributed by atoms with E-state index in [0.29, 0.717) is 6.54 Å². The molecule has 1 atom stereocenters. The summed E-state index contributed by atoms with van der Waals surface area (Å²) in [5, 5.41) is 2.89. The van der Waals surface area contributed by atoms with E-state index in [1.54, 1.807) is 0 Å². The fourth-order valence-corrected chi connectivity index (χ4v) is 1.89. The van der Waals surface area contributed by atoms with Gasteiger partial charge in [0.05, 0.1) is 5.92 Å². The van der Waals surface area contributed by atoms with Crippen LogP contribution in [0, 0.1) is 16.4 Å². The third-order valence-corrected chi connectivity index (χ3v) is 3.75. The summed E-state index contributed by atoms with van der Waals surface area (Å²) in [6, 6.07) is 5.89. The zero-order valence-electron chi connectivity index (χ0n) is 9.59. The Morgan fingerprint density at radius 1 is 1.56 bits per heavy atom. The summed E-state index contributed by atoms with van der Waals surface area (Å²) in [6.45, 7) is 4.41. The maximum atomic E-state index is 11.8. The largest absolute Gasteiger partial charge is 0.330 e. The number of hydrogen-bond donors (Lipinski definition) is 2. The van der Waals surface area contributed by atoms with E-state index < -0.39 is 0 Å². The molecule has 0 aliphatic rings. The summed E-state index contributed by atoms with van der Waals surface area (Å²) in [4.78, 5) is 11.8. The summed E-state index contributed by atoms with van der Waals surface area (Å²) in [7, 11) is 0. The van der Waals surface area contributed by atoms with Crippen molar-refractivity contribution in [2.24, 2.45) is 11.7 Å². The first-order valence-electron chi connectivity index (χ1n) is 5.35. The zero-order chi connectivity index (χ0) is 12.1. The SMILES string of the molecule is CCC(CN)C(=O)Nc1ccc(C)c(I)c1. The Hall–Kier alpha value is -0.620. The highest BCUT2D eigenvalue weighted by molar-refractivity contribution is 14.1. The van der Waals surface area contributed by atoms with E-state index in [1.807, 2.05) is 32.0 Å². The lowest BCUT2D eigenvalue weighted by Gasteiger charge is -2.13. The summed E-state index contributed by atoms with van der Waals surface area (Å²) in [6.07, 6.45) is 0.769. The number of rotatable bonds is 4. The lowest BCUT2D eigenvalue weighted by atomic mass is 10.1. The van der Waals surface area contributed by atoms with Gasteiger partial charge >= 0.3 is 0 Å². The number of carbonyl (C=O) groups is 1. The predicted octanol–water partition coefficient (Wildman–Crippen LogP) is 2.52. The van der Waals surface area contributed by atoms with Crippen molar-refractivity contribution in [3.63, 3.8) is 0 Å². The van der Waals surface area contributed by atoms with Gasteiger partial charge in [0.1, 0.15) is 0 Å². The molecule has 0 aromatic heterocycles. The molecule has 0 heterocycles. The number of nitrogens with two attached hydrogens (primary N) is 1. The maximum absolute atomic E-state index is 11.8. The maximum Gasteiger partial charge on any atom is 0.228 e. The van der Waals surface area contributed by atoms with E-state index in [4.69, 9.17) is 5.73 Å². The Morgan fingerprint density at radius 2 is 2.25 bits per heavy atom. The van der Waals surface area contributed by atoms with Crippen LogP contribution in [0.25, 0.3) is 0 Å². The molecule has 0 saturated heterocycles. The van der Waals surface area contributed by atoms with Crippen LogP contribution in [0.4, 0.5) is 5.69 Å². The molecule has 1 aromatic carbocycles. The number of halogens is 1. The molecule has 88 valence electrons. The minimum Gasteiger partial charge on any atom is -0.330 e. The van der Waals surface area contributed by atoms with Crippen molar-refractivity contribution in [1.82, 2.24) is 0 Å². The highest BCUT2D eigenvalue weighted by Gasteiger charge is 2.14. The first kappa shape index (κ1) is 13.4. The molecule has 4 heteroatoms. The van der Waals surface area contributed by atoms with Gasteiger partial charge in [-0.15, -0.1) is 0 Å². The minimum absolute atomic E-state index is 0.00431. The van der Waals surface area contributed by atoms with Gasteiger partial charge in [0.15, 0.2) is 0 Å². The second-order valence-electron chi connectivity index (χ2n) is 3.79. The van der Waals surface area contributed by atoms with Gasteiger partial charge < -0.3 is 11.1 Å². The Balaban J connectivity index is 2.73. The highest BCUT2D eigenvalue weighted by Crippen LogP contribution is 2.17. The molecule has 0 fully saturated rings. The molecule has 0 spiro atoms. The first-order valence-corrected chi connectivity index (χ1v) is 6.43. The molecular weight excluding hydrogens is 315 g/mol. The first-order chi connectivity index (χ1) is 7.58. The van der Waals surface area contributed by atoms with Gasteiger partial charge in [0.25, 0.3) is 0 Å². The summed E-state index contributed by atoms with van der Waals surface area (Å²) < 4.78 is 1.15. The number of aryl methyl sites for hydroxylation is 1. The summed E-state index contributed by atoms with van der Waals surface area (Å²) >= 11 is 2.26. The molecule has 1 amide bonds. The Labute approximate surface area is 110 Å². The van der Waals surface area contributed by atoms with Crippen LogP contribution in [0.3, 0.4) is 0 Å². The Kier molecular flexibility index (Phi) is 5.21. The highest BCUT2D eigenvalue weighted by atomic mass is 127. The number of benzene rings is 1. The third kappa shape index (κ3) is 3.45. The van der Waals surface area contributed by atoms with Crippen LogP contribution < -0.4 is 11.1 Å². The molecular formula is C12H17IN2O. The second kappa shape index (κ2) is 6.20. The predicted molar refractivity (Wildman–Crippen MR) is 75.4 cm³/mol. The van der Waals surface area contributed by atoms with Gasteiger partial charge in [-0.1, -0.05) is 13.0 Å². The number of carbonyl (C=O) groups excluding carboxylic acids is 1. The van der Waals surface area contributed by atoms with Crippen molar-refractivity contribution in [2.75, 3.05) is 11.9 Å². The van der Waals surface area contributed by atoms with E-state index in [-0.39, 0.29) is 11.8 Å². The summed E-state index contributed by atoms with van der Waals surface area (Å²) in [5.41, 5.74) is 7.58. The van der Waals surface area contributed by atoms with E-state index in [9.17, 15) is 4.79 Å². The molecule has 3 nitrogen and oxygen atoms in total. The van der Waals surface area contributed by atoms with E-state index >= 15 is 0 Å². The van der Waals surface area contributed by atoms with Crippen LogP contribution in [0.5, 0.6) is 0 Å². The average Bonchev–Trinajstić information content (AvgIpc) is 2.25. The molecule has 16 heavy (non-hydrogen) atoms. The van der Waals surface area contributed by atoms with Crippen LogP contribution in [0.15, 0.2) is 18.2 Å². The lowest BCUT2D eigenvalue weighted by Crippen LogP contribution is -2.28. The van der Waals surface area contributed by atoms with Crippen LogP contribution in [0.2, 0.25) is 0 Å². The van der Waals surface area contributed by atoms with Crippen LogP contribution in [-0.2, 0) is 4.79 Å². The average molecular weight is 332 g/mol. The van der Waals surface area contributed by atoms with Crippen molar-refractivity contribution >= 4 is 34.2 Å². The number of amides is 1. The fourth-order valence-electron chi connectivity index (χ4n) is 1.37. The Morgan fingerprint density at radius 3 is 2.75 bits per heavy atom. The van der Waals surface area contributed by atoms with Crippen LogP contribution in [-0.4, -0.2) is 12.5 Å². The fraction of sp³-hybridized carbons (Fsp3) is 0.417. The molecule has 1 rings (SSSR count). The normalized spacial score (nSPS) is 12.2. The number of nitrogens with one attached hydrogen (secondary N) is 1. The van der Waals surface area contributed by atoms with Gasteiger partial charge in [-0.2, -0.15) is 0 Å². The monoisotopic (exact) mass is 332 g/mol. The van der Waals surface area contributed by atoms with Crippen LogP contribution >= 0.6 is 22.6 Å². The quantitative estimate of drug-likeness (QED) is 0.833. The molecule has 1 unspecified atom stereocenters. The molecule has 0 aliphatic heterocycles. The zero-order valence-corrected chi connectivity index (χ0v) is 11.7. The lowest BCUT2D eigenvalue weighted by molar-refractivity contribution is -0.119. The third-order valence-electron chi connectivity index (χ3n) is 2.59. The number of hydrogen-bond acceptors (Lipinski definition) is 2. The molecule has 0 saturated carbocycles. The van der Waals surface area contributed by atoms with Crippen molar-refractivity contribution in [3.8, 4) is 0 Å². The smallest absolute Gasteiger partial charge is 0.228 e. The van der Waals surface area contributed by atoms with E-state index in [1.165, 1.54) is 5.56 Å². The van der Waals surface area contributed by atoms with Gasteiger partial charge in [0.2, 0.25) is 5.91 Å². The minimum atomic E-state index is -0.0982. The van der Waals surface area contributed by atoms with Gasteiger partial charge in [0, 0.05) is 15.8 Å². The van der Waals surface area contributed by atoms with E-state index in [0.717, 1.165) is 15.7 Å². The standard InChI is InChI=1S/C12H17IN2O/c1-3-9(7-14)12(16)15-10-5-4-8(2)11(13)6-10/h4-6,9H,3,7,14H2,1-2H3,(H,15,16). The Bertz CT molecular complexity index is 375. The molecule has 3 N–H and O–H groups in total. The van der Waals surface area contributed by atoms with Crippen LogP contribution in [0.1, 0.15) is 18.9 Å². The summed E-state index contributed by atoms with van der Waals surface area (Å²) in [5.74, 6) is -0.0939. The number of anilines is 1. The van der Waals surface area contributed by atoms with E-state index in [2.05, 4.69) is 27.9 Å². The molecule has 1 aromatic rings. The van der Waals surface area contributed by atoms with Gasteiger partial charge in [-0.25, -0.2) is 0 Å². The van der Waals surface area contributed by atoms with Crippen molar-refractivity contribution < 1.29 is 4.79 Å². The van der Waals surface area contributed by atoms with Crippen molar-refractivity contribution in [1.29, 1.82) is 0 Å². The molecule has 0 aliphatic carbocycles. The topological polar surface area (TPSA) is 55.1 Å².